The van der Waals surface area contributed by atoms with E-state index in [0.717, 1.165) is 27.1 Å². The molecule has 25 heavy (non-hydrogen) atoms. The third-order valence-corrected chi connectivity index (χ3v) is 4.52. The summed E-state index contributed by atoms with van der Waals surface area (Å²) in [5.74, 6) is 1.07. The second-order valence-electron chi connectivity index (χ2n) is 5.82. The molecule has 1 aromatic heterocycles. The molecule has 0 fully saturated rings. The maximum atomic E-state index is 4.45. The summed E-state index contributed by atoms with van der Waals surface area (Å²) in [7, 11) is 4.02. The zero-order valence-electron chi connectivity index (χ0n) is 14.3. The molecule has 0 saturated heterocycles. The van der Waals surface area contributed by atoms with Crippen LogP contribution in [0.5, 0.6) is 0 Å². The summed E-state index contributed by atoms with van der Waals surface area (Å²) in [4.78, 5) is 6.51. The number of halogens is 1. The summed E-state index contributed by atoms with van der Waals surface area (Å²) in [6.07, 6.45) is 1.60. The molecule has 2 N–H and O–H groups in total. The number of rotatable bonds is 5. The summed E-state index contributed by atoms with van der Waals surface area (Å²) < 4.78 is 1.06. The largest absolute Gasteiger partial charge is 0.378 e. The van der Waals surface area contributed by atoms with Crippen LogP contribution < -0.4 is 15.5 Å². The lowest BCUT2D eigenvalue weighted by molar-refractivity contribution is 0.982. The van der Waals surface area contributed by atoms with Crippen molar-refractivity contribution in [3.63, 3.8) is 0 Å². The minimum atomic E-state index is 0.441. The Labute approximate surface area is 155 Å². The topological polar surface area (TPSA) is 66.0 Å². The lowest BCUT2D eigenvalue weighted by Gasteiger charge is -2.13. The Hall–Kier alpha value is -2.67. The monoisotopic (exact) mass is 398 g/mol. The van der Waals surface area contributed by atoms with E-state index in [1.807, 2.05) is 63.5 Å². The molecule has 0 unspecified atom stereocenters. The van der Waals surface area contributed by atoms with Gasteiger partial charge < -0.3 is 15.5 Å². The molecule has 0 aliphatic rings. The molecule has 0 spiro atoms. The van der Waals surface area contributed by atoms with Gasteiger partial charge in [0.15, 0.2) is 5.82 Å². The van der Waals surface area contributed by atoms with Crippen LogP contribution in [0.4, 0.5) is 28.8 Å². The SMILES string of the molecule is Cc1cc(Nc2nncc(Nc3ccc(N(C)C)cc3)n2)ccc1Br. The van der Waals surface area contributed by atoms with Crippen molar-refractivity contribution in [2.45, 2.75) is 6.92 Å². The number of anilines is 5. The normalized spacial score (nSPS) is 10.4. The van der Waals surface area contributed by atoms with Gasteiger partial charge >= 0.3 is 0 Å². The van der Waals surface area contributed by atoms with E-state index in [1.165, 1.54) is 0 Å². The van der Waals surface area contributed by atoms with E-state index in [-0.39, 0.29) is 0 Å². The van der Waals surface area contributed by atoms with Crippen molar-refractivity contribution in [3.8, 4) is 0 Å². The fourth-order valence-corrected chi connectivity index (χ4v) is 2.51. The van der Waals surface area contributed by atoms with Crippen molar-refractivity contribution in [1.82, 2.24) is 15.2 Å². The van der Waals surface area contributed by atoms with Gasteiger partial charge in [-0.25, -0.2) is 0 Å². The Morgan fingerprint density at radius 1 is 0.960 bits per heavy atom. The molecule has 0 aliphatic carbocycles. The number of benzene rings is 2. The maximum absolute atomic E-state index is 4.45. The Morgan fingerprint density at radius 2 is 1.68 bits per heavy atom. The molecule has 0 amide bonds. The van der Waals surface area contributed by atoms with Crippen molar-refractivity contribution in [2.24, 2.45) is 0 Å². The molecule has 1 heterocycles. The average molecular weight is 399 g/mol. The van der Waals surface area contributed by atoms with E-state index in [9.17, 15) is 0 Å². The van der Waals surface area contributed by atoms with Gasteiger partial charge in [-0.15, -0.1) is 5.10 Å². The van der Waals surface area contributed by atoms with Crippen LogP contribution in [0.3, 0.4) is 0 Å². The van der Waals surface area contributed by atoms with Crippen molar-refractivity contribution in [3.05, 3.63) is 58.7 Å². The van der Waals surface area contributed by atoms with Gasteiger partial charge in [0.25, 0.3) is 0 Å². The highest BCUT2D eigenvalue weighted by molar-refractivity contribution is 9.10. The van der Waals surface area contributed by atoms with Gasteiger partial charge in [0.2, 0.25) is 5.95 Å². The van der Waals surface area contributed by atoms with E-state index < -0.39 is 0 Å². The molecular weight excluding hydrogens is 380 g/mol. The smallest absolute Gasteiger partial charge is 0.249 e. The van der Waals surface area contributed by atoms with Crippen LogP contribution in [0.25, 0.3) is 0 Å². The number of hydrogen-bond acceptors (Lipinski definition) is 6. The predicted molar refractivity (Wildman–Crippen MR) is 106 cm³/mol. The second-order valence-corrected chi connectivity index (χ2v) is 6.67. The van der Waals surface area contributed by atoms with Crippen LogP contribution in [0, 0.1) is 6.92 Å². The fraction of sp³-hybridized carbons (Fsp3) is 0.167. The Morgan fingerprint density at radius 3 is 2.36 bits per heavy atom. The lowest BCUT2D eigenvalue weighted by Crippen LogP contribution is -2.08. The standard InChI is InChI=1S/C18H19BrN6/c1-12-10-14(6-9-16(12)19)22-18-23-17(11-20-24-18)21-13-4-7-15(8-5-13)25(2)3/h4-11H,1-3H3,(H2,21,22,23,24). The van der Waals surface area contributed by atoms with Gasteiger partial charge in [-0.3, -0.25) is 0 Å². The maximum Gasteiger partial charge on any atom is 0.249 e. The second kappa shape index (κ2) is 7.48. The van der Waals surface area contributed by atoms with Crippen molar-refractivity contribution < 1.29 is 0 Å². The molecule has 6 nitrogen and oxygen atoms in total. The van der Waals surface area contributed by atoms with Gasteiger partial charge in [0, 0.05) is 35.6 Å². The van der Waals surface area contributed by atoms with Gasteiger partial charge in [-0.05, 0) is 55.0 Å². The molecule has 0 bridgehead atoms. The third kappa shape index (κ3) is 4.45. The Balaban J connectivity index is 1.73. The highest BCUT2D eigenvalue weighted by Gasteiger charge is 2.04. The third-order valence-electron chi connectivity index (χ3n) is 3.63. The molecular formula is C18H19BrN6. The summed E-state index contributed by atoms with van der Waals surface area (Å²) in [5, 5.41) is 14.4. The van der Waals surface area contributed by atoms with Crippen molar-refractivity contribution in [2.75, 3.05) is 29.6 Å². The van der Waals surface area contributed by atoms with Crippen LogP contribution in [-0.2, 0) is 0 Å². The molecule has 7 heteroatoms. The lowest BCUT2D eigenvalue weighted by atomic mass is 10.2. The van der Waals surface area contributed by atoms with Crippen LogP contribution in [0.2, 0.25) is 0 Å². The van der Waals surface area contributed by atoms with Crippen LogP contribution >= 0.6 is 15.9 Å². The molecule has 3 aromatic rings. The Bertz CT molecular complexity index is 864. The van der Waals surface area contributed by atoms with Crippen LogP contribution in [0.1, 0.15) is 5.56 Å². The number of nitrogens with zero attached hydrogens (tertiary/aromatic N) is 4. The van der Waals surface area contributed by atoms with E-state index >= 15 is 0 Å². The molecule has 0 aliphatic heterocycles. The quantitative estimate of drug-likeness (QED) is 0.659. The fourth-order valence-electron chi connectivity index (χ4n) is 2.26. The molecule has 0 saturated carbocycles. The van der Waals surface area contributed by atoms with Gasteiger partial charge in [-0.1, -0.05) is 15.9 Å². The molecule has 3 rings (SSSR count). The molecule has 0 atom stereocenters. The average Bonchev–Trinajstić information content (AvgIpc) is 2.59. The van der Waals surface area contributed by atoms with E-state index in [1.54, 1.807) is 6.20 Å². The number of aromatic nitrogens is 3. The first-order chi connectivity index (χ1) is 12.0. The van der Waals surface area contributed by atoms with E-state index in [4.69, 9.17) is 0 Å². The molecule has 128 valence electrons. The van der Waals surface area contributed by atoms with E-state index in [2.05, 4.69) is 46.6 Å². The minimum absolute atomic E-state index is 0.441. The van der Waals surface area contributed by atoms with Gasteiger partial charge in [0.1, 0.15) is 0 Å². The first-order valence-electron chi connectivity index (χ1n) is 7.78. The minimum Gasteiger partial charge on any atom is -0.378 e. The summed E-state index contributed by atoms with van der Waals surface area (Å²) >= 11 is 3.49. The van der Waals surface area contributed by atoms with Crippen molar-refractivity contribution in [1.29, 1.82) is 0 Å². The van der Waals surface area contributed by atoms with Gasteiger partial charge in [0.05, 0.1) is 6.20 Å². The highest BCUT2D eigenvalue weighted by atomic mass is 79.9. The highest BCUT2D eigenvalue weighted by Crippen LogP contribution is 2.23. The zero-order valence-corrected chi connectivity index (χ0v) is 15.9. The number of aryl methyl sites for hydroxylation is 1. The summed E-state index contributed by atoms with van der Waals surface area (Å²) in [5.41, 5.74) is 4.12. The first kappa shape index (κ1) is 17.2. The number of nitrogens with one attached hydrogen (secondary N) is 2. The van der Waals surface area contributed by atoms with Crippen LogP contribution in [0.15, 0.2) is 53.1 Å². The Kier molecular flexibility index (Phi) is 5.14. The molecule has 2 aromatic carbocycles. The predicted octanol–water partition coefficient (Wildman–Crippen LogP) is 4.50. The summed E-state index contributed by atoms with van der Waals surface area (Å²) in [6, 6.07) is 14.1. The zero-order chi connectivity index (χ0) is 17.8. The first-order valence-corrected chi connectivity index (χ1v) is 8.58. The van der Waals surface area contributed by atoms with Gasteiger partial charge in [-0.2, -0.15) is 10.1 Å². The summed E-state index contributed by atoms with van der Waals surface area (Å²) in [6.45, 7) is 2.03. The van der Waals surface area contributed by atoms with Crippen LogP contribution in [-0.4, -0.2) is 29.3 Å². The molecule has 0 radical (unpaired) electrons. The number of hydrogen-bond donors (Lipinski definition) is 2. The van der Waals surface area contributed by atoms with Crippen molar-refractivity contribution >= 4 is 44.8 Å². The van der Waals surface area contributed by atoms with E-state index in [0.29, 0.717) is 11.8 Å².